The van der Waals surface area contributed by atoms with Crippen LogP contribution in [0.15, 0.2) is 38.7 Å². The van der Waals surface area contributed by atoms with Crippen molar-refractivity contribution in [3.05, 3.63) is 51.2 Å². The van der Waals surface area contributed by atoms with E-state index >= 15 is 0 Å². The number of benzene rings is 1. The summed E-state index contributed by atoms with van der Waals surface area (Å²) in [6.45, 7) is 5.89. The lowest BCUT2D eigenvalue weighted by atomic mass is 10.1. The second-order valence-corrected chi connectivity index (χ2v) is 7.27. The van der Waals surface area contributed by atoms with Gasteiger partial charge in [0.15, 0.2) is 0 Å². The van der Waals surface area contributed by atoms with E-state index < -0.39 is 5.91 Å². The molecule has 0 saturated carbocycles. The number of anilines is 2. The predicted molar refractivity (Wildman–Crippen MR) is 106 cm³/mol. The summed E-state index contributed by atoms with van der Waals surface area (Å²) in [6, 6.07) is 9.39. The molecule has 0 aliphatic carbocycles. The first-order valence-electron chi connectivity index (χ1n) is 8.52. The summed E-state index contributed by atoms with van der Waals surface area (Å²) < 4.78 is 6.67. The zero-order valence-electron chi connectivity index (χ0n) is 14.8. The molecule has 134 valence electrons. The summed E-state index contributed by atoms with van der Waals surface area (Å²) in [6.07, 6.45) is 3.75. The Bertz CT molecular complexity index is 902. The highest BCUT2D eigenvalue weighted by Crippen LogP contribution is 2.33. The minimum Gasteiger partial charge on any atom is -0.440 e. The molecule has 1 saturated heterocycles. The zero-order valence-corrected chi connectivity index (χ0v) is 16.4. The summed E-state index contributed by atoms with van der Waals surface area (Å²) in [5, 5.41) is 12.1. The Labute approximate surface area is 161 Å². The Morgan fingerprint density at radius 2 is 2.00 bits per heavy atom. The molecule has 5 nitrogen and oxygen atoms in total. The number of hydrogen-bond acceptors (Lipinski definition) is 4. The fourth-order valence-electron chi connectivity index (χ4n) is 2.89. The Morgan fingerprint density at radius 1 is 1.27 bits per heavy atom. The van der Waals surface area contributed by atoms with Crippen molar-refractivity contribution in [3.8, 4) is 6.07 Å². The third-order valence-electron chi connectivity index (χ3n) is 4.50. The smallest absolute Gasteiger partial charge is 0.266 e. The van der Waals surface area contributed by atoms with Gasteiger partial charge in [-0.2, -0.15) is 5.26 Å². The largest absolute Gasteiger partial charge is 0.440 e. The van der Waals surface area contributed by atoms with Crippen molar-refractivity contribution in [2.75, 3.05) is 23.3 Å². The van der Waals surface area contributed by atoms with E-state index in [4.69, 9.17) is 4.42 Å². The van der Waals surface area contributed by atoms with Gasteiger partial charge in [0.25, 0.3) is 5.91 Å². The molecule has 6 heteroatoms. The molecule has 1 amide bonds. The molecule has 2 heterocycles. The molecule has 1 N–H and O–H groups in total. The van der Waals surface area contributed by atoms with Gasteiger partial charge in [0.2, 0.25) is 5.88 Å². The summed E-state index contributed by atoms with van der Waals surface area (Å²) >= 11 is 3.50. The number of rotatable bonds is 4. The average molecular weight is 414 g/mol. The third kappa shape index (κ3) is 4.00. The molecule has 0 atom stereocenters. The van der Waals surface area contributed by atoms with Crippen molar-refractivity contribution >= 4 is 39.5 Å². The quantitative estimate of drug-likeness (QED) is 0.576. The normalized spacial score (nSPS) is 14.4. The molecule has 1 aliphatic rings. The van der Waals surface area contributed by atoms with Gasteiger partial charge in [0.1, 0.15) is 17.4 Å². The first-order valence-corrected chi connectivity index (χ1v) is 9.32. The summed E-state index contributed by atoms with van der Waals surface area (Å²) in [5.41, 5.74) is 2.89. The molecular weight excluding hydrogens is 394 g/mol. The van der Waals surface area contributed by atoms with Crippen LogP contribution in [-0.2, 0) is 4.79 Å². The monoisotopic (exact) mass is 413 g/mol. The number of nitrogens with one attached hydrogen (secondary N) is 1. The lowest BCUT2D eigenvalue weighted by molar-refractivity contribution is -0.112. The molecular formula is C20H20BrN3O2. The number of halogens is 1. The third-order valence-corrected chi connectivity index (χ3v) is 5.07. The van der Waals surface area contributed by atoms with E-state index in [-0.39, 0.29) is 5.57 Å². The van der Waals surface area contributed by atoms with Crippen LogP contribution in [-0.4, -0.2) is 19.0 Å². The molecule has 1 fully saturated rings. The van der Waals surface area contributed by atoms with Crippen LogP contribution in [0.3, 0.4) is 0 Å². The number of carbonyl (C=O) groups is 1. The Balaban J connectivity index is 1.79. The lowest BCUT2D eigenvalue weighted by Crippen LogP contribution is -2.17. The molecule has 1 aromatic carbocycles. The van der Waals surface area contributed by atoms with Gasteiger partial charge in [0, 0.05) is 30.9 Å². The van der Waals surface area contributed by atoms with Gasteiger partial charge in [-0.25, -0.2) is 0 Å². The molecule has 3 rings (SSSR count). The van der Waals surface area contributed by atoms with Gasteiger partial charge in [-0.3, -0.25) is 4.79 Å². The van der Waals surface area contributed by atoms with Crippen LogP contribution in [0.2, 0.25) is 0 Å². The van der Waals surface area contributed by atoms with Crippen LogP contribution in [0.5, 0.6) is 0 Å². The highest BCUT2D eigenvalue weighted by molar-refractivity contribution is 9.10. The van der Waals surface area contributed by atoms with E-state index in [0.717, 1.165) is 47.4 Å². The molecule has 0 spiro atoms. The maximum Gasteiger partial charge on any atom is 0.266 e. The van der Waals surface area contributed by atoms with Gasteiger partial charge in [0.05, 0.1) is 4.47 Å². The second kappa shape index (κ2) is 7.79. The Kier molecular flexibility index (Phi) is 5.48. The van der Waals surface area contributed by atoms with Crippen LogP contribution < -0.4 is 10.2 Å². The minimum absolute atomic E-state index is 0.00236. The topological polar surface area (TPSA) is 69.3 Å². The van der Waals surface area contributed by atoms with Gasteiger partial charge >= 0.3 is 0 Å². The highest BCUT2D eigenvalue weighted by Gasteiger charge is 2.20. The molecule has 0 radical (unpaired) electrons. The first-order chi connectivity index (χ1) is 12.5. The molecule has 0 unspecified atom stereocenters. The number of carbonyl (C=O) groups excluding carboxylic acids is 1. The van der Waals surface area contributed by atoms with Crippen LogP contribution in [0.25, 0.3) is 6.08 Å². The van der Waals surface area contributed by atoms with Gasteiger partial charge in [-0.1, -0.05) is 6.07 Å². The van der Waals surface area contributed by atoms with Crippen molar-refractivity contribution < 1.29 is 9.21 Å². The number of nitrogens with zero attached hydrogens (tertiary/aromatic N) is 2. The molecule has 26 heavy (non-hydrogen) atoms. The van der Waals surface area contributed by atoms with Crippen molar-refractivity contribution in [3.63, 3.8) is 0 Å². The molecule has 2 aromatic rings. The first kappa shape index (κ1) is 18.3. The summed E-state index contributed by atoms with van der Waals surface area (Å²) in [5.74, 6) is 0.775. The van der Waals surface area contributed by atoms with E-state index in [1.807, 2.05) is 38.1 Å². The zero-order chi connectivity index (χ0) is 18.7. The highest BCUT2D eigenvalue weighted by atomic mass is 79.9. The van der Waals surface area contributed by atoms with E-state index in [2.05, 4.69) is 26.1 Å². The van der Waals surface area contributed by atoms with Crippen LogP contribution in [0, 0.1) is 25.2 Å². The van der Waals surface area contributed by atoms with E-state index in [9.17, 15) is 10.1 Å². The van der Waals surface area contributed by atoms with E-state index in [1.165, 1.54) is 6.08 Å². The SMILES string of the molecule is Cc1ccc(NC(=O)/C(C#N)=C\c2cc(Br)c(N3CCCC3)o2)cc1C. The van der Waals surface area contributed by atoms with Crippen molar-refractivity contribution in [1.82, 2.24) is 0 Å². The van der Waals surface area contributed by atoms with Crippen molar-refractivity contribution in [1.29, 1.82) is 5.26 Å². The second-order valence-electron chi connectivity index (χ2n) is 6.42. The van der Waals surface area contributed by atoms with Gasteiger partial charge in [-0.05, 0) is 65.9 Å². The average Bonchev–Trinajstić information content (AvgIpc) is 3.25. The minimum atomic E-state index is -0.453. The fourth-order valence-corrected chi connectivity index (χ4v) is 3.45. The molecule has 1 aromatic heterocycles. The number of furan rings is 1. The standard InChI is InChI=1S/C20H20BrN3O2/c1-13-5-6-16(9-14(13)2)23-19(25)15(12-22)10-17-11-18(21)20(26-17)24-7-3-4-8-24/h5-6,9-11H,3-4,7-8H2,1-2H3,(H,23,25)/b15-10-. The Hall–Kier alpha value is -2.52. The maximum atomic E-state index is 12.4. The van der Waals surface area contributed by atoms with Gasteiger partial charge in [-0.15, -0.1) is 0 Å². The number of hydrogen-bond donors (Lipinski definition) is 1. The van der Waals surface area contributed by atoms with Crippen molar-refractivity contribution in [2.45, 2.75) is 26.7 Å². The predicted octanol–water partition coefficient (Wildman–Crippen LogP) is 4.80. The van der Waals surface area contributed by atoms with E-state index in [0.29, 0.717) is 11.4 Å². The maximum absolute atomic E-state index is 12.4. The van der Waals surface area contributed by atoms with E-state index in [1.54, 1.807) is 6.07 Å². The summed E-state index contributed by atoms with van der Waals surface area (Å²) in [4.78, 5) is 14.6. The number of amides is 1. The molecule has 1 aliphatic heterocycles. The Morgan fingerprint density at radius 3 is 2.65 bits per heavy atom. The number of aryl methyl sites for hydroxylation is 2. The van der Waals surface area contributed by atoms with Gasteiger partial charge < -0.3 is 14.6 Å². The molecule has 0 bridgehead atoms. The van der Waals surface area contributed by atoms with Crippen LogP contribution >= 0.6 is 15.9 Å². The van der Waals surface area contributed by atoms with Crippen LogP contribution in [0.1, 0.15) is 29.7 Å². The number of nitriles is 1. The lowest BCUT2D eigenvalue weighted by Gasteiger charge is -2.13. The van der Waals surface area contributed by atoms with Crippen molar-refractivity contribution in [2.24, 2.45) is 0 Å². The summed E-state index contributed by atoms with van der Waals surface area (Å²) in [7, 11) is 0. The fraction of sp³-hybridized carbons (Fsp3) is 0.300. The van der Waals surface area contributed by atoms with Crippen LogP contribution in [0.4, 0.5) is 11.6 Å².